The Morgan fingerprint density at radius 2 is 2.14 bits per heavy atom. The van der Waals surface area contributed by atoms with Crippen LogP contribution in [0.4, 0.5) is 11.7 Å². The predicted molar refractivity (Wildman–Crippen MR) is 72.9 cm³/mol. The van der Waals surface area contributed by atoms with Crippen molar-refractivity contribution in [3.8, 4) is 0 Å². The van der Waals surface area contributed by atoms with E-state index in [1.165, 1.54) is 18.4 Å². The molecule has 0 aliphatic carbocycles. The minimum absolute atomic E-state index is 0.0273. The zero-order chi connectivity index (χ0) is 15.2. The Bertz CT molecular complexity index is 636. The van der Waals surface area contributed by atoms with Crippen LogP contribution in [-0.4, -0.2) is 22.5 Å². The number of non-ortho nitro benzene ring substituents is 1. The Hall–Kier alpha value is -2.90. The third kappa shape index (κ3) is 3.78. The van der Waals surface area contributed by atoms with Crippen LogP contribution in [0.1, 0.15) is 23.0 Å². The van der Waals surface area contributed by atoms with Crippen molar-refractivity contribution in [3.63, 3.8) is 0 Å². The molecule has 0 saturated heterocycles. The normalized spacial score (nSPS) is 10.1. The predicted octanol–water partition coefficient (Wildman–Crippen LogP) is 2.37. The topological polar surface area (TPSA) is 108 Å². The Balaban J connectivity index is 1.94. The van der Waals surface area contributed by atoms with Crippen molar-refractivity contribution >= 4 is 17.7 Å². The molecule has 8 nitrogen and oxygen atoms in total. The van der Waals surface area contributed by atoms with Gasteiger partial charge < -0.3 is 14.5 Å². The van der Waals surface area contributed by atoms with Gasteiger partial charge in [-0.3, -0.25) is 10.1 Å². The molecule has 0 amide bonds. The minimum atomic E-state index is -0.551. The second kappa shape index (κ2) is 6.51. The number of nitro groups is 1. The van der Waals surface area contributed by atoms with Crippen LogP contribution in [0.3, 0.4) is 0 Å². The van der Waals surface area contributed by atoms with Crippen molar-refractivity contribution in [1.82, 2.24) is 4.98 Å². The average molecular weight is 291 g/mol. The molecule has 0 fully saturated rings. The second-order valence-corrected chi connectivity index (χ2v) is 4.04. The van der Waals surface area contributed by atoms with E-state index in [1.807, 2.05) is 0 Å². The quantitative estimate of drug-likeness (QED) is 0.494. The van der Waals surface area contributed by atoms with E-state index in [-0.39, 0.29) is 24.0 Å². The van der Waals surface area contributed by atoms with Crippen LogP contribution >= 0.6 is 0 Å². The number of carbonyl (C=O) groups excluding carboxylic acids is 1. The number of hydrogen-bond acceptors (Lipinski definition) is 7. The zero-order valence-corrected chi connectivity index (χ0v) is 11.2. The van der Waals surface area contributed by atoms with E-state index >= 15 is 0 Å². The molecule has 1 heterocycles. The molecule has 0 aliphatic rings. The van der Waals surface area contributed by atoms with Gasteiger partial charge in [-0.05, 0) is 12.5 Å². The lowest BCUT2D eigenvalue weighted by atomic mass is 10.2. The Morgan fingerprint density at radius 1 is 1.43 bits per heavy atom. The molecule has 1 aromatic carbocycles. The lowest BCUT2D eigenvalue weighted by molar-refractivity contribution is -0.384. The van der Waals surface area contributed by atoms with E-state index in [0.29, 0.717) is 6.54 Å². The van der Waals surface area contributed by atoms with E-state index in [2.05, 4.69) is 10.3 Å². The summed E-state index contributed by atoms with van der Waals surface area (Å²) < 4.78 is 9.87. The number of nitrogens with zero attached hydrogens (tertiary/aromatic N) is 2. The molecule has 0 atom stereocenters. The summed E-state index contributed by atoms with van der Waals surface area (Å²) in [5, 5.41) is 13.4. The van der Waals surface area contributed by atoms with Crippen molar-refractivity contribution in [2.24, 2.45) is 0 Å². The molecule has 8 heteroatoms. The van der Waals surface area contributed by atoms with Crippen molar-refractivity contribution in [2.75, 3.05) is 11.9 Å². The van der Waals surface area contributed by atoms with Gasteiger partial charge in [-0.2, -0.15) is 4.98 Å². The number of benzene rings is 1. The van der Waals surface area contributed by atoms with E-state index in [0.717, 1.165) is 5.56 Å². The maximum Gasteiger partial charge on any atom is 0.360 e. The van der Waals surface area contributed by atoms with Gasteiger partial charge in [0, 0.05) is 18.7 Å². The van der Waals surface area contributed by atoms with Gasteiger partial charge >= 0.3 is 5.97 Å². The summed E-state index contributed by atoms with van der Waals surface area (Å²) in [6.07, 6.45) is 1.20. The van der Waals surface area contributed by atoms with Crippen LogP contribution in [0.5, 0.6) is 0 Å². The smallest absolute Gasteiger partial charge is 0.360 e. The number of aromatic nitrogens is 1. The number of carbonyl (C=O) groups is 1. The van der Waals surface area contributed by atoms with Crippen molar-refractivity contribution < 1.29 is 18.9 Å². The zero-order valence-electron chi connectivity index (χ0n) is 11.2. The SMILES string of the molecule is CCOC(=O)c1coc(NCc2ccc([N+](=O)[O-])cc2)n1. The number of hydrogen-bond donors (Lipinski definition) is 1. The molecule has 0 bridgehead atoms. The number of ether oxygens (including phenoxy) is 1. The third-order valence-electron chi connectivity index (χ3n) is 2.58. The number of esters is 1. The van der Waals surface area contributed by atoms with Gasteiger partial charge in [-0.15, -0.1) is 0 Å². The van der Waals surface area contributed by atoms with Crippen LogP contribution < -0.4 is 5.32 Å². The molecule has 0 saturated carbocycles. The molecule has 2 rings (SSSR count). The van der Waals surface area contributed by atoms with E-state index in [4.69, 9.17) is 9.15 Å². The first-order chi connectivity index (χ1) is 10.1. The molecule has 0 aliphatic heterocycles. The van der Waals surface area contributed by atoms with Crippen LogP contribution in [0, 0.1) is 10.1 Å². The maximum absolute atomic E-state index is 11.4. The molecular weight excluding hydrogens is 278 g/mol. The number of oxazole rings is 1. The lowest BCUT2D eigenvalue weighted by Crippen LogP contribution is -2.05. The highest BCUT2D eigenvalue weighted by atomic mass is 16.6. The van der Waals surface area contributed by atoms with Gasteiger partial charge in [-0.25, -0.2) is 4.79 Å². The standard InChI is InChI=1S/C13H13N3O5/c1-2-20-12(17)11-8-21-13(15-11)14-7-9-3-5-10(6-4-9)16(18)19/h3-6,8H,2,7H2,1H3,(H,14,15). The summed E-state index contributed by atoms with van der Waals surface area (Å²) in [5.74, 6) is -0.551. The van der Waals surface area contributed by atoms with E-state index in [9.17, 15) is 14.9 Å². The summed E-state index contributed by atoms with van der Waals surface area (Å²) in [5.41, 5.74) is 0.930. The van der Waals surface area contributed by atoms with E-state index in [1.54, 1.807) is 19.1 Å². The summed E-state index contributed by atoms with van der Waals surface area (Å²) in [4.78, 5) is 25.4. The molecule has 2 aromatic rings. The fraction of sp³-hybridized carbons (Fsp3) is 0.231. The van der Waals surface area contributed by atoms with Gasteiger partial charge in [0.15, 0.2) is 5.69 Å². The van der Waals surface area contributed by atoms with Gasteiger partial charge in [0.25, 0.3) is 11.7 Å². The van der Waals surface area contributed by atoms with Crippen LogP contribution in [-0.2, 0) is 11.3 Å². The largest absolute Gasteiger partial charge is 0.461 e. The molecule has 0 unspecified atom stereocenters. The van der Waals surface area contributed by atoms with Gasteiger partial charge in [0.2, 0.25) is 0 Å². The first-order valence-electron chi connectivity index (χ1n) is 6.20. The molecule has 110 valence electrons. The highest BCUT2D eigenvalue weighted by molar-refractivity contribution is 5.87. The number of anilines is 1. The Morgan fingerprint density at radius 3 is 2.76 bits per heavy atom. The fourth-order valence-electron chi connectivity index (χ4n) is 1.57. The summed E-state index contributed by atoms with van der Waals surface area (Å²) in [6.45, 7) is 2.32. The van der Waals surface area contributed by atoms with Gasteiger partial charge in [0.1, 0.15) is 6.26 Å². The second-order valence-electron chi connectivity index (χ2n) is 4.04. The first kappa shape index (κ1) is 14.5. The number of nitro benzene ring substituents is 1. The van der Waals surface area contributed by atoms with Crippen molar-refractivity contribution in [1.29, 1.82) is 0 Å². The molecular formula is C13H13N3O5. The van der Waals surface area contributed by atoms with Crippen LogP contribution in [0.25, 0.3) is 0 Å². The molecule has 1 aromatic heterocycles. The number of nitrogens with one attached hydrogen (secondary N) is 1. The van der Waals surface area contributed by atoms with Gasteiger partial charge in [0.05, 0.1) is 11.5 Å². The summed E-state index contributed by atoms with van der Waals surface area (Å²) in [7, 11) is 0. The Kier molecular flexibility index (Phi) is 4.50. The average Bonchev–Trinajstić information content (AvgIpc) is 2.95. The summed E-state index contributed by atoms with van der Waals surface area (Å²) >= 11 is 0. The lowest BCUT2D eigenvalue weighted by Gasteiger charge is -2.01. The maximum atomic E-state index is 11.4. The van der Waals surface area contributed by atoms with Crippen molar-refractivity contribution in [3.05, 3.63) is 51.9 Å². The fourth-order valence-corrected chi connectivity index (χ4v) is 1.57. The Labute approximate surface area is 119 Å². The van der Waals surface area contributed by atoms with E-state index < -0.39 is 10.9 Å². The third-order valence-corrected chi connectivity index (χ3v) is 2.58. The van der Waals surface area contributed by atoms with Gasteiger partial charge in [-0.1, -0.05) is 12.1 Å². The highest BCUT2D eigenvalue weighted by Gasteiger charge is 2.13. The molecule has 0 spiro atoms. The number of rotatable bonds is 6. The van der Waals surface area contributed by atoms with Crippen molar-refractivity contribution in [2.45, 2.75) is 13.5 Å². The molecule has 0 radical (unpaired) electrons. The first-order valence-corrected chi connectivity index (χ1v) is 6.20. The van der Waals surface area contributed by atoms with Crippen LogP contribution in [0.2, 0.25) is 0 Å². The summed E-state index contributed by atoms with van der Waals surface area (Å²) in [6, 6.07) is 6.25. The molecule has 21 heavy (non-hydrogen) atoms. The minimum Gasteiger partial charge on any atom is -0.461 e. The monoisotopic (exact) mass is 291 g/mol. The highest BCUT2D eigenvalue weighted by Crippen LogP contribution is 2.14. The van der Waals surface area contributed by atoms with Crippen LogP contribution in [0.15, 0.2) is 34.9 Å². The molecule has 1 N–H and O–H groups in total.